The molecule has 0 saturated heterocycles. The summed E-state index contributed by atoms with van der Waals surface area (Å²) in [7, 11) is 1.56. The first-order valence-electron chi connectivity index (χ1n) is 7.22. The molecule has 1 aromatic heterocycles. The van der Waals surface area contributed by atoms with Crippen molar-refractivity contribution in [3.8, 4) is 5.75 Å². The molecule has 0 fully saturated rings. The number of carbonyl (C=O) groups excluding carboxylic acids is 1. The second-order valence-corrected chi connectivity index (χ2v) is 5.06. The number of benzene rings is 1. The Labute approximate surface area is 133 Å². The Morgan fingerprint density at radius 1 is 1.43 bits per heavy atom. The van der Waals surface area contributed by atoms with E-state index in [0.29, 0.717) is 16.9 Å². The van der Waals surface area contributed by atoms with Crippen LogP contribution in [0.1, 0.15) is 18.9 Å². The van der Waals surface area contributed by atoms with Crippen LogP contribution in [0.4, 0.5) is 0 Å². The lowest BCUT2D eigenvalue weighted by atomic mass is 10.1. The topological polar surface area (TPSA) is 88.8 Å². The van der Waals surface area contributed by atoms with E-state index in [4.69, 9.17) is 14.3 Å². The van der Waals surface area contributed by atoms with Crippen molar-refractivity contribution in [2.24, 2.45) is 0 Å². The van der Waals surface area contributed by atoms with Gasteiger partial charge in [-0.2, -0.15) is 0 Å². The van der Waals surface area contributed by atoms with Crippen molar-refractivity contribution in [1.29, 1.82) is 0 Å². The molecule has 1 unspecified atom stereocenters. The zero-order valence-corrected chi connectivity index (χ0v) is 13.0. The summed E-state index contributed by atoms with van der Waals surface area (Å²) in [4.78, 5) is 23.2. The summed E-state index contributed by atoms with van der Waals surface area (Å²) < 4.78 is 10.5. The van der Waals surface area contributed by atoms with Gasteiger partial charge in [-0.05, 0) is 25.5 Å². The van der Waals surface area contributed by atoms with Gasteiger partial charge in [0.05, 0.1) is 19.8 Å². The maximum Gasteiger partial charge on any atom is 0.326 e. The van der Waals surface area contributed by atoms with Crippen molar-refractivity contribution in [3.05, 3.63) is 42.2 Å². The number of rotatable bonds is 7. The molecule has 0 bridgehead atoms. The standard InChI is InChI=1S/C17H19NO5/c1-3-4-5-14(17(20)21)18-16(19)8-11-10-23-15-9-12(22-2)6-7-13(11)15/h3-4,6-7,9-10,14H,5,8H2,1-2H3,(H,18,19)(H,20,21)/b4-3+. The lowest BCUT2D eigenvalue weighted by Gasteiger charge is -2.12. The highest BCUT2D eigenvalue weighted by Crippen LogP contribution is 2.25. The normalized spacial score (nSPS) is 12.4. The number of aliphatic carboxylic acids is 1. The van der Waals surface area contributed by atoms with Crippen molar-refractivity contribution in [3.63, 3.8) is 0 Å². The third kappa shape index (κ3) is 4.12. The van der Waals surface area contributed by atoms with E-state index < -0.39 is 12.0 Å². The van der Waals surface area contributed by atoms with Crippen LogP contribution in [0, 0.1) is 0 Å². The van der Waals surface area contributed by atoms with Crippen LogP contribution in [-0.2, 0) is 16.0 Å². The second kappa shape index (κ2) is 7.49. The fraction of sp³-hybridized carbons (Fsp3) is 0.294. The van der Waals surface area contributed by atoms with Gasteiger partial charge in [0, 0.05) is 17.0 Å². The summed E-state index contributed by atoms with van der Waals surface area (Å²) in [6, 6.07) is 4.40. The quantitative estimate of drug-likeness (QED) is 0.766. The number of methoxy groups -OCH3 is 1. The van der Waals surface area contributed by atoms with Crippen LogP contribution < -0.4 is 10.1 Å². The minimum absolute atomic E-state index is 0.0545. The number of hydrogen-bond acceptors (Lipinski definition) is 4. The first kappa shape index (κ1) is 16.6. The number of furan rings is 1. The number of nitrogens with one attached hydrogen (secondary N) is 1. The molecule has 2 N–H and O–H groups in total. The van der Waals surface area contributed by atoms with E-state index in [9.17, 15) is 9.59 Å². The number of carboxylic acids is 1. The molecule has 0 spiro atoms. The summed E-state index contributed by atoms with van der Waals surface area (Å²) in [5, 5.41) is 12.5. The zero-order chi connectivity index (χ0) is 16.8. The van der Waals surface area contributed by atoms with E-state index >= 15 is 0 Å². The average Bonchev–Trinajstić information content (AvgIpc) is 2.93. The van der Waals surface area contributed by atoms with Crippen LogP contribution in [0.25, 0.3) is 11.0 Å². The van der Waals surface area contributed by atoms with Crippen molar-refractivity contribution < 1.29 is 23.8 Å². The zero-order valence-electron chi connectivity index (χ0n) is 13.0. The monoisotopic (exact) mass is 317 g/mol. The molecule has 1 amide bonds. The summed E-state index contributed by atoms with van der Waals surface area (Å²) in [5.41, 5.74) is 1.33. The smallest absolute Gasteiger partial charge is 0.326 e. The molecule has 122 valence electrons. The van der Waals surface area contributed by atoms with Crippen molar-refractivity contribution >= 4 is 22.8 Å². The van der Waals surface area contributed by atoms with Crippen LogP contribution >= 0.6 is 0 Å². The predicted octanol–water partition coefficient (Wildman–Crippen LogP) is 2.52. The minimum atomic E-state index is -1.06. The third-order valence-electron chi connectivity index (χ3n) is 3.45. The first-order valence-corrected chi connectivity index (χ1v) is 7.22. The van der Waals surface area contributed by atoms with Gasteiger partial charge in [0.15, 0.2) is 0 Å². The lowest BCUT2D eigenvalue weighted by molar-refractivity contribution is -0.141. The fourth-order valence-corrected chi connectivity index (χ4v) is 2.24. The summed E-state index contributed by atoms with van der Waals surface area (Å²) in [5.74, 6) is -0.751. The van der Waals surface area contributed by atoms with E-state index in [0.717, 1.165) is 5.39 Å². The molecule has 1 heterocycles. The van der Waals surface area contributed by atoms with Crippen molar-refractivity contribution in [2.45, 2.75) is 25.8 Å². The van der Waals surface area contributed by atoms with Gasteiger partial charge in [0.1, 0.15) is 17.4 Å². The van der Waals surface area contributed by atoms with Crippen LogP contribution in [0.5, 0.6) is 5.75 Å². The number of allylic oxidation sites excluding steroid dienone is 1. The molecule has 1 aromatic carbocycles. The SMILES string of the molecule is C/C=C/CC(NC(=O)Cc1coc2cc(OC)ccc12)C(=O)O. The largest absolute Gasteiger partial charge is 0.497 e. The Kier molecular flexibility index (Phi) is 5.41. The Balaban J connectivity index is 2.09. The average molecular weight is 317 g/mol. The molecule has 6 nitrogen and oxygen atoms in total. The molecular weight excluding hydrogens is 298 g/mol. The fourth-order valence-electron chi connectivity index (χ4n) is 2.24. The van der Waals surface area contributed by atoms with Crippen LogP contribution in [0.2, 0.25) is 0 Å². The molecular formula is C17H19NO5. The molecule has 0 aliphatic rings. The maximum atomic E-state index is 12.1. The molecule has 23 heavy (non-hydrogen) atoms. The van der Waals surface area contributed by atoms with Crippen molar-refractivity contribution in [2.75, 3.05) is 7.11 Å². The number of carboxylic acid groups (broad SMARTS) is 1. The van der Waals surface area contributed by atoms with Gasteiger partial charge in [-0.3, -0.25) is 4.79 Å². The summed E-state index contributed by atoms with van der Waals surface area (Å²) in [6.45, 7) is 1.80. The van der Waals surface area contributed by atoms with Gasteiger partial charge in [-0.1, -0.05) is 12.2 Å². The number of ether oxygens (including phenoxy) is 1. The number of fused-ring (bicyclic) bond motifs is 1. The Bertz CT molecular complexity index is 732. The van der Waals surface area contributed by atoms with Crippen molar-refractivity contribution in [1.82, 2.24) is 5.32 Å². The van der Waals surface area contributed by atoms with E-state index in [2.05, 4.69) is 5.32 Å². The van der Waals surface area contributed by atoms with E-state index in [-0.39, 0.29) is 18.7 Å². The molecule has 0 radical (unpaired) electrons. The van der Waals surface area contributed by atoms with E-state index in [1.54, 1.807) is 38.3 Å². The lowest BCUT2D eigenvalue weighted by Crippen LogP contribution is -2.41. The Morgan fingerprint density at radius 2 is 2.22 bits per heavy atom. The van der Waals surface area contributed by atoms with Crippen LogP contribution in [0.3, 0.4) is 0 Å². The Morgan fingerprint density at radius 3 is 2.87 bits per heavy atom. The minimum Gasteiger partial charge on any atom is -0.497 e. The summed E-state index contributed by atoms with van der Waals surface area (Å²) >= 11 is 0. The third-order valence-corrected chi connectivity index (χ3v) is 3.45. The van der Waals surface area contributed by atoms with Gasteiger partial charge in [0.25, 0.3) is 0 Å². The highest BCUT2D eigenvalue weighted by Gasteiger charge is 2.19. The molecule has 6 heteroatoms. The Hall–Kier alpha value is -2.76. The molecule has 2 aromatic rings. The summed E-state index contributed by atoms with van der Waals surface area (Å²) in [6.07, 6.45) is 5.27. The maximum absolute atomic E-state index is 12.1. The van der Waals surface area contributed by atoms with Crippen LogP contribution in [-0.4, -0.2) is 30.1 Å². The molecule has 0 aliphatic heterocycles. The number of amides is 1. The number of carbonyl (C=O) groups is 2. The van der Waals surface area contributed by atoms with Gasteiger partial charge < -0.3 is 19.6 Å². The second-order valence-electron chi connectivity index (χ2n) is 5.06. The molecule has 0 saturated carbocycles. The van der Waals surface area contributed by atoms with Gasteiger partial charge in [-0.25, -0.2) is 4.79 Å². The predicted molar refractivity (Wildman–Crippen MR) is 85.5 cm³/mol. The van der Waals surface area contributed by atoms with Gasteiger partial charge in [-0.15, -0.1) is 0 Å². The van der Waals surface area contributed by atoms with Crippen LogP contribution in [0.15, 0.2) is 41.0 Å². The molecule has 2 rings (SSSR count). The number of hydrogen-bond donors (Lipinski definition) is 2. The highest BCUT2D eigenvalue weighted by atomic mass is 16.5. The van der Waals surface area contributed by atoms with E-state index in [1.807, 2.05) is 6.07 Å². The van der Waals surface area contributed by atoms with Gasteiger partial charge in [0.2, 0.25) is 5.91 Å². The molecule has 0 aliphatic carbocycles. The van der Waals surface area contributed by atoms with Gasteiger partial charge >= 0.3 is 5.97 Å². The van der Waals surface area contributed by atoms with E-state index in [1.165, 1.54) is 6.26 Å². The molecule has 1 atom stereocenters. The highest BCUT2D eigenvalue weighted by molar-refractivity contribution is 5.90. The first-order chi connectivity index (χ1) is 11.0.